The molecule has 1 saturated heterocycles. The molecule has 0 aromatic rings. The molecule has 88 valence electrons. The Hall–Kier alpha value is -1.26. The lowest BCUT2D eigenvalue weighted by Crippen LogP contribution is -2.43. The number of amides is 1. The fourth-order valence-electron chi connectivity index (χ4n) is 1.38. The number of nitrogens with one attached hydrogen (secondary N) is 1. The number of ether oxygens (including phenoxy) is 1. The van der Waals surface area contributed by atoms with Crippen LogP contribution in [0.1, 0.15) is 0 Å². The first kappa shape index (κ1) is 12.8. The van der Waals surface area contributed by atoms with Gasteiger partial charge in [-0.05, 0) is 0 Å². The maximum absolute atomic E-state index is 11.4. The van der Waals surface area contributed by atoms with Crippen molar-refractivity contribution in [2.24, 2.45) is 5.92 Å². The number of thioether (sulfide) groups is 1. The molecule has 0 aliphatic carbocycles. The minimum atomic E-state index is -0.965. The number of carboxylic acids is 1. The number of hydrogen-bond donors (Lipinski definition) is 2. The van der Waals surface area contributed by atoms with Crippen molar-refractivity contribution < 1.29 is 19.4 Å². The van der Waals surface area contributed by atoms with Crippen molar-refractivity contribution in [3.05, 3.63) is 0 Å². The third-order valence-electron chi connectivity index (χ3n) is 2.14. The van der Waals surface area contributed by atoms with Crippen LogP contribution in [0.3, 0.4) is 0 Å². The summed E-state index contributed by atoms with van der Waals surface area (Å²) in [6.45, 7) is 0.358. The Labute approximate surface area is 96.9 Å². The lowest BCUT2D eigenvalue weighted by atomic mass is 10.0. The minimum absolute atomic E-state index is 0.131. The van der Waals surface area contributed by atoms with Crippen molar-refractivity contribution in [2.45, 2.75) is 6.04 Å². The highest BCUT2D eigenvalue weighted by atomic mass is 32.2. The molecule has 0 spiro atoms. The van der Waals surface area contributed by atoms with Crippen molar-refractivity contribution in [1.82, 2.24) is 5.32 Å². The minimum Gasteiger partial charge on any atom is -0.481 e. The third-order valence-corrected chi connectivity index (χ3v) is 2.94. The van der Waals surface area contributed by atoms with Gasteiger partial charge in [0.1, 0.15) is 5.92 Å². The van der Waals surface area contributed by atoms with E-state index in [0.717, 1.165) is 0 Å². The summed E-state index contributed by atoms with van der Waals surface area (Å²) in [5, 5.41) is 19.7. The number of carboxylic acid groups (broad SMARTS) is 1. The Morgan fingerprint density at radius 3 is 2.94 bits per heavy atom. The number of carbonyl (C=O) groups is 2. The van der Waals surface area contributed by atoms with E-state index in [9.17, 15) is 9.59 Å². The van der Waals surface area contributed by atoms with Crippen molar-refractivity contribution in [3.63, 3.8) is 0 Å². The molecule has 1 aliphatic heterocycles. The summed E-state index contributed by atoms with van der Waals surface area (Å²) >= 11 is 1.19. The average Bonchev–Trinajstić information content (AvgIpc) is 2.66. The summed E-state index contributed by atoms with van der Waals surface area (Å²) in [4.78, 5) is 22.1. The van der Waals surface area contributed by atoms with Crippen LogP contribution in [0.5, 0.6) is 0 Å². The summed E-state index contributed by atoms with van der Waals surface area (Å²) in [5.41, 5.74) is 0. The summed E-state index contributed by atoms with van der Waals surface area (Å²) < 4.78 is 5.00. The van der Waals surface area contributed by atoms with Crippen LogP contribution in [0.25, 0.3) is 0 Å². The average molecular weight is 244 g/mol. The van der Waals surface area contributed by atoms with Gasteiger partial charge in [-0.3, -0.25) is 9.59 Å². The maximum Gasteiger partial charge on any atom is 0.311 e. The van der Waals surface area contributed by atoms with E-state index in [1.165, 1.54) is 11.8 Å². The van der Waals surface area contributed by atoms with Crippen molar-refractivity contribution in [2.75, 3.05) is 24.7 Å². The van der Waals surface area contributed by atoms with Crippen LogP contribution in [0, 0.1) is 17.2 Å². The van der Waals surface area contributed by atoms with Crippen LogP contribution in [-0.4, -0.2) is 47.7 Å². The first-order valence-electron chi connectivity index (χ1n) is 4.69. The molecule has 1 rings (SSSR count). The van der Waals surface area contributed by atoms with Gasteiger partial charge in [0.15, 0.2) is 0 Å². The molecule has 7 heteroatoms. The van der Waals surface area contributed by atoms with E-state index in [1.807, 2.05) is 6.07 Å². The molecule has 16 heavy (non-hydrogen) atoms. The molecule has 2 unspecified atom stereocenters. The molecule has 2 N–H and O–H groups in total. The Balaban J connectivity index is 2.33. The molecule has 0 radical (unpaired) electrons. The van der Waals surface area contributed by atoms with E-state index < -0.39 is 17.9 Å². The zero-order valence-corrected chi connectivity index (χ0v) is 9.33. The van der Waals surface area contributed by atoms with Crippen LogP contribution in [0.4, 0.5) is 0 Å². The summed E-state index contributed by atoms with van der Waals surface area (Å²) in [6.07, 6.45) is 0. The summed E-state index contributed by atoms with van der Waals surface area (Å²) in [7, 11) is 0. The monoisotopic (exact) mass is 244 g/mol. The maximum atomic E-state index is 11.4. The van der Waals surface area contributed by atoms with Gasteiger partial charge < -0.3 is 15.2 Å². The van der Waals surface area contributed by atoms with Gasteiger partial charge in [-0.2, -0.15) is 5.26 Å². The second-order valence-corrected chi connectivity index (χ2v) is 4.29. The molecule has 6 nitrogen and oxygen atoms in total. The van der Waals surface area contributed by atoms with Crippen LogP contribution in [0.2, 0.25) is 0 Å². The molecule has 1 aliphatic rings. The van der Waals surface area contributed by atoms with Gasteiger partial charge >= 0.3 is 5.97 Å². The van der Waals surface area contributed by atoms with Gasteiger partial charge in [-0.25, -0.2) is 0 Å². The number of carbonyl (C=O) groups excluding carboxylic acids is 1. The molecule has 0 saturated carbocycles. The first-order chi connectivity index (χ1) is 7.65. The zero-order valence-electron chi connectivity index (χ0n) is 8.51. The Morgan fingerprint density at radius 1 is 1.56 bits per heavy atom. The van der Waals surface area contributed by atoms with Gasteiger partial charge in [0.05, 0.1) is 36.8 Å². The van der Waals surface area contributed by atoms with Gasteiger partial charge in [0, 0.05) is 0 Å². The molecule has 2 atom stereocenters. The smallest absolute Gasteiger partial charge is 0.311 e. The number of nitrogens with zero attached hydrogens (tertiary/aromatic N) is 1. The predicted octanol–water partition coefficient (Wildman–Crippen LogP) is -0.541. The fraction of sp³-hybridized carbons (Fsp3) is 0.667. The SMILES string of the molecule is N#CCSCC(=O)NC1COCC1C(=O)O. The van der Waals surface area contributed by atoms with Gasteiger partial charge in [0.2, 0.25) is 5.91 Å². The molecule has 0 bridgehead atoms. The lowest BCUT2D eigenvalue weighted by molar-refractivity contribution is -0.142. The highest BCUT2D eigenvalue weighted by Crippen LogP contribution is 2.14. The molecule has 0 aromatic carbocycles. The van der Waals surface area contributed by atoms with E-state index in [1.54, 1.807) is 0 Å². The van der Waals surface area contributed by atoms with Crippen LogP contribution in [0.15, 0.2) is 0 Å². The highest BCUT2D eigenvalue weighted by molar-refractivity contribution is 8.00. The Bertz CT molecular complexity index is 315. The highest BCUT2D eigenvalue weighted by Gasteiger charge is 2.34. The van der Waals surface area contributed by atoms with E-state index >= 15 is 0 Å². The van der Waals surface area contributed by atoms with Crippen molar-refractivity contribution >= 4 is 23.6 Å². The van der Waals surface area contributed by atoms with Gasteiger partial charge in [0.25, 0.3) is 0 Å². The standard InChI is InChI=1S/C9H12N2O4S/c10-1-2-16-5-8(12)11-7-4-15-3-6(7)9(13)14/h6-7H,2-5H2,(H,11,12)(H,13,14). The molecular weight excluding hydrogens is 232 g/mol. The summed E-state index contributed by atoms with van der Waals surface area (Å²) in [6, 6.07) is 1.44. The van der Waals surface area contributed by atoms with E-state index in [0.29, 0.717) is 0 Å². The van der Waals surface area contributed by atoms with Crippen LogP contribution < -0.4 is 5.32 Å². The van der Waals surface area contributed by atoms with E-state index in [2.05, 4.69) is 5.32 Å². The summed E-state index contributed by atoms with van der Waals surface area (Å²) in [5.74, 6) is -1.49. The van der Waals surface area contributed by atoms with Gasteiger partial charge in [-0.1, -0.05) is 0 Å². The third kappa shape index (κ3) is 3.72. The lowest BCUT2D eigenvalue weighted by Gasteiger charge is -2.15. The first-order valence-corrected chi connectivity index (χ1v) is 5.85. The van der Waals surface area contributed by atoms with Crippen LogP contribution in [-0.2, 0) is 14.3 Å². The predicted molar refractivity (Wildman–Crippen MR) is 56.8 cm³/mol. The largest absolute Gasteiger partial charge is 0.481 e. The van der Waals surface area contributed by atoms with Crippen molar-refractivity contribution in [3.8, 4) is 6.07 Å². The number of hydrogen-bond acceptors (Lipinski definition) is 5. The number of aliphatic carboxylic acids is 1. The van der Waals surface area contributed by atoms with Crippen LogP contribution >= 0.6 is 11.8 Å². The molecule has 0 aromatic heterocycles. The quantitative estimate of drug-likeness (QED) is 0.630. The van der Waals surface area contributed by atoms with Crippen molar-refractivity contribution in [1.29, 1.82) is 5.26 Å². The molecule has 1 heterocycles. The molecule has 1 amide bonds. The second kappa shape index (κ2) is 6.35. The topological polar surface area (TPSA) is 99.4 Å². The zero-order chi connectivity index (χ0) is 12.0. The molecule has 1 fully saturated rings. The molecular formula is C9H12N2O4S. The van der Waals surface area contributed by atoms with E-state index in [4.69, 9.17) is 15.1 Å². The normalized spacial score (nSPS) is 23.7. The number of nitriles is 1. The Kier molecular flexibility index (Phi) is 5.08. The number of rotatable bonds is 5. The Morgan fingerprint density at radius 2 is 2.31 bits per heavy atom. The van der Waals surface area contributed by atoms with E-state index in [-0.39, 0.29) is 30.6 Å². The fourth-order valence-corrected chi connectivity index (χ4v) is 1.84. The second-order valence-electron chi connectivity index (χ2n) is 3.31. The van der Waals surface area contributed by atoms with Gasteiger partial charge in [-0.15, -0.1) is 11.8 Å².